The van der Waals surface area contributed by atoms with Gasteiger partial charge in [-0.15, -0.1) is 0 Å². The molecule has 0 fully saturated rings. The second-order valence-corrected chi connectivity index (χ2v) is 3.77. The highest BCUT2D eigenvalue weighted by Crippen LogP contribution is 2.07. The maximum atomic E-state index is 11.3. The number of ether oxygens (including phenoxy) is 2. The van der Waals surface area contributed by atoms with E-state index in [4.69, 9.17) is 30.5 Å². The lowest BCUT2D eigenvalue weighted by Gasteiger charge is -2.14. The van der Waals surface area contributed by atoms with E-state index in [0.717, 1.165) is 0 Å². The van der Waals surface area contributed by atoms with Crippen LogP contribution in [0.1, 0.15) is 12.8 Å². The van der Waals surface area contributed by atoms with Crippen molar-refractivity contribution in [1.29, 1.82) is 0 Å². The molecule has 0 amide bonds. The van der Waals surface area contributed by atoms with Crippen LogP contribution in [0.15, 0.2) is 12.3 Å². The zero-order chi connectivity index (χ0) is 14.8. The molecule has 5 N–H and O–H groups in total. The van der Waals surface area contributed by atoms with Crippen LogP contribution in [-0.2, 0) is 19.1 Å². The topological polar surface area (TPSA) is 139 Å². The number of aliphatic hydroxyl groups is 2. The highest BCUT2D eigenvalue weighted by Gasteiger charge is 2.14. The van der Waals surface area contributed by atoms with Gasteiger partial charge in [0.2, 0.25) is 0 Å². The van der Waals surface area contributed by atoms with Crippen molar-refractivity contribution in [1.82, 2.24) is 0 Å². The van der Waals surface area contributed by atoms with Gasteiger partial charge in [-0.1, -0.05) is 6.58 Å². The van der Waals surface area contributed by atoms with Crippen molar-refractivity contribution in [2.24, 2.45) is 5.73 Å². The first kappa shape index (κ1) is 17.4. The minimum Gasteiger partial charge on any atom is -0.496 e. The van der Waals surface area contributed by atoms with Crippen molar-refractivity contribution < 1.29 is 34.4 Å². The van der Waals surface area contributed by atoms with Crippen molar-refractivity contribution >= 4 is 11.9 Å². The molecule has 0 aromatic carbocycles. The number of hydrogen-bond donors (Lipinski definition) is 4. The summed E-state index contributed by atoms with van der Waals surface area (Å²) in [6.45, 7) is 2.33. The quantitative estimate of drug-likeness (QED) is 0.282. The first-order chi connectivity index (χ1) is 8.90. The zero-order valence-corrected chi connectivity index (χ0v) is 10.4. The molecule has 0 aliphatic carbocycles. The van der Waals surface area contributed by atoms with Crippen LogP contribution in [0.3, 0.4) is 0 Å². The standard InChI is InChI=1S/C11H19NO7/c1-7(18-6-9(12)11(16)17)2-3-10(15)19-8(4-13)5-14/h8-9,13-14H,1-6,12H2,(H,16,17)/t9-/m0/s1. The second kappa shape index (κ2) is 9.31. The number of rotatable bonds is 10. The Hall–Kier alpha value is -1.64. The lowest BCUT2D eigenvalue weighted by molar-refractivity contribution is -0.153. The van der Waals surface area contributed by atoms with E-state index in [-0.39, 0.29) is 25.2 Å². The zero-order valence-electron chi connectivity index (χ0n) is 10.4. The van der Waals surface area contributed by atoms with Crippen LogP contribution in [0.5, 0.6) is 0 Å². The third-order valence-electron chi connectivity index (χ3n) is 2.10. The SMILES string of the molecule is C=C(CCC(=O)OC(CO)CO)OC[C@H](N)C(=O)O. The van der Waals surface area contributed by atoms with Crippen molar-refractivity contribution in [3.63, 3.8) is 0 Å². The molecule has 0 aromatic rings. The van der Waals surface area contributed by atoms with E-state index in [9.17, 15) is 9.59 Å². The van der Waals surface area contributed by atoms with Crippen molar-refractivity contribution in [3.05, 3.63) is 12.3 Å². The van der Waals surface area contributed by atoms with Gasteiger partial charge in [0.1, 0.15) is 18.8 Å². The van der Waals surface area contributed by atoms with E-state index in [2.05, 4.69) is 6.58 Å². The Bertz CT molecular complexity index is 314. The van der Waals surface area contributed by atoms with Crippen LogP contribution in [-0.4, -0.2) is 59.2 Å². The molecular weight excluding hydrogens is 258 g/mol. The Morgan fingerprint density at radius 2 is 1.79 bits per heavy atom. The number of allylic oxidation sites excluding steroid dienone is 1. The van der Waals surface area contributed by atoms with E-state index in [0.29, 0.717) is 0 Å². The summed E-state index contributed by atoms with van der Waals surface area (Å²) in [4.78, 5) is 21.7. The molecule has 0 rings (SSSR count). The van der Waals surface area contributed by atoms with Crippen LogP contribution in [0.2, 0.25) is 0 Å². The van der Waals surface area contributed by atoms with E-state index in [1.165, 1.54) is 0 Å². The Morgan fingerprint density at radius 1 is 1.21 bits per heavy atom. The number of carboxylic acids is 1. The predicted molar refractivity (Wildman–Crippen MR) is 64.0 cm³/mol. The Labute approximate surface area is 110 Å². The molecule has 0 saturated carbocycles. The number of nitrogens with two attached hydrogens (primary N) is 1. The normalized spacial score (nSPS) is 12.0. The number of esters is 1. The number of aliphatic carboxylic acids is 1. The number of carbonyl (C=O) groups excluding carboxylic acids is 1. The van der Waals surface area contributed by atoms with Crippen LogP contribution >= 0.6 is 0 Å². The summed E-state index contributed by atoms with van der Waals surface area (Å²) >= 11 is 0. The summed E-state index contributed by atoms with van der Waals surface area (Å²) in [5, 5.41) is 25.9. The summed E-state index contributed by atoms with van der Waals surface area (Å²) in [6, 6.07) is -1.16. The van der Waals surface area contributed by atoms with Gasteiger partial charge in [-0.05, 0) is 0 Å². The lowest BCUT2D eigenvalue weighted by atomic mass is 10.2. The van der Waals surface area contributed by atoms with Crippen LogP contribution in [0, 0.1) is 0 Å². The fourth-order valence-electron chi connectivity index (χ4n) is 0.970. The first-order valence-corrected chi connectivity index (χ1v) is 5.60. The highest BCUT2D eigenvalue weighted by atomic mass is 16.6. The molecule has 8 nitrogen and oxygen atoms in total. The maximum Gasteiger partial charge on any atom is 0.324 e. The molecule has 0 bridgehead atoms. The Morgan fingerprint density at radius 3 is 2.26 bits per heavy atom. The summed E-state index contributed by atoms with van der Waals surface area (Å²) in [7, 11) is 0. The van der Waals surface area contributed by atoms with Gasteiger partial charge in [-0.2, -0.15) is 0 Å². The van der Waals surface area contributed by atoms with Crippen molar-refractivity contribution in [2.45, 2.75) is 25.0 Å². The summed E-state index contributed by atoms with van der Waals surface area (Å²) in [6.07, 6.45) is -0.867. The molecule has 0 unspecified atom stereocenters. The third kappa shape index (κ3) is 8.14. The molecule has 0 radical (unpaired) electrons. The van der Waals surface area contributed by atoms with Gasteiger partial charge in [0.05, 0.1) is 25.4 Å². The third-order valence-corrected chi connectivity index (χ3v) is 2.10. The van der Waals surface area contributed by atoms with Crippen LogP contribution < -0.4 is 5.73 Å². The van der Waals surface area contributed by atoms with Gasteiger partial charge < -0.3 is 30.5 Å². The molecule has 0 heterocycles. The van der Waals surface area contributed by atoms with Gasteiger partial charge in [0.25, 0.3) is 0 Å². The van der Waals surface area contributed by atoms with E-state index < -0.39 is 37.3 Å². The minimum atomic E-state index is -1.19. The van der Waals surface area contributed by atoms with Gasteiger partial charge in [0, 0.05) is 6.42 Å². The monoisotopic (exact) mass is 277 g/mol. The fraction of sp³-hybridized carbons (Fsp3) is 0.636. The molecule has 19 heavy (non-hydrogen) atoms. The van der Waals surface area contributed by atoms with Gasteiger partial charge in [-0.25, -0.2) is 0 Å². The number of hydrogen-bond acceptors (Lipinski definition) is 7. The molecule has 0 aliphatic heterocycles. The van der Waals surface area contributed by atoms with Crippen molar-refractivity contribution in [3.8, 4) is 0 Å². The molecule has 110 valence electrons. The maximum absolute atomic E-state index is 11.3. The largest absolute Gasteiger partial charge is 0.496 e. The summed E-state index contributed by atoms with van der Waals surface area (Å²) < 4.78 is 9.67. The molecule has 0 spiro atoms. The Balaban J connectivity index is 3.84. The van der Waals surface area contributed by atoms with Gasteiger partial charge in [0.15, 0.2) is 0 Å². The minimum absolute atomic E-state index is 0.0579. The molecule has 0 saturated heterocycles. The van der Waals surface area contributed by atoms with E-state index in [1.807, 2.05) is 0 Å². The molecule has 1 atom stereocenters. The molecular formula is C11H19NO7. The average Bonchev–Trinajstić information content (AvgIpc) is 2.39. The Kier molecular flexibility index (Phi) is 8.51. The van der Waals surface area contributed by atoms with Crippen LogP contribution in [0.25, 0.3) is 0 Å². The molecule has 0 aliphatic rings. The summed E-state index contributed by atoms with van der Waals surface area (Å²) in [5.41, 5.74) is 5.21. The smallest absolute Gasteiger partial charge is 0.324 e. The van der Waals surface area contributed by atoms with E-state index in [1.54, 1.807) is 0 Å². The molecule has 0 aromatic heterocycles. The fourth-order valence-corrected chi connectivity index (χ4v) is 0.970. The van der Waals surface area contributed by atoms with E-state index >= 15 is 0 Å². The first-order valence-electron chi connectivity index (χ1n) is 5.60. The number of aliphatic hydroxyl groups excluding tert-OH is 2. The summed E-state index contributed by atoms with van der Waals surface area (Å²) in [5.74, 6) is -1.61. The number of carbonyl (C=O) groups is 2. The highest BCUT2D eigenvalue weighted by molar-refractivity contribution is 5.73. The van der Waals surface area contributed by atoms with Gasteiger partial charge in [-0.3, -0.25) is 9.59 Å². The van der Waals surface area contributed by atoms with Crippen LogP contribution in [0.4, 0.5) is 0 Å². The second-order valence-electron chi connectivity index (χ2n) is 3.77. The lowest BCUT2D eigenvalue weighted by Crippen LogP contribution is -2.34. The molecule has 8 heteroatoms. The van der Waals surface area contributed by atoms with Gasteiger partial charge >= 0.3 is 11.9 Å². The average molecular weight is 277 g/mol. The predicted octanol–water partition coefficient (Wildman–Crippen LogP) is -1.39. The number of carboxylic acid groups (broad SMARTS) is 1. The van der Waals surface area contributed by atoms with Crippen molar-refractivity contribution in [2.75, 3.05) is 19.8 Å².